The summed E-state index contributed by atoms with van der Waals surface area (Å²) in [6.07, 6.45) is 0.978. The van der Waals surface area contributed by atoms with Crippen molar-refractivity contribution in [2.24, 2.45) is 0 Å². The summed E-state index contributed by atoms with van der Waals surface area (Å²) in [5.74, 6) is 0.872. The minimum Gasteiger partial charge on any atom is -0.493 e. The lowest BCUT2D eigenvalue weighted by Gasteiger charge is -2.34. The lowest BCUT2D eigenvalue weighted by molar-refractivity contribution is 0.0623. The number of H-pyrrole nitrogens is 1. The van der Waals surface area contributed by atoms with Crippen molar-refractivity contribution >= 4 is 16.7 Å². The van der Waals surface area contributed by atoms with Crippen molar-refractivity contribution in [3.63, 3.8) is 0 Å². The Bertz CT molecular complexity index is 1130. The average Bonchev–Trinajstić information content (AvgIpc) is 3.22. The molecule has 1 N–H and O–H groups in total. The van der Waals surface area contributed by atoms with E-state index in [1.54, 1.807) is 18.2 Å². The second-order valence-corrected chi connectivity index (χ2v) is 7.56. The number of fused-ring (bicyclic) bond motifs is 2. The zero-order chi connectivity index (χ0) is 19.8. The number of hydrogen-bond donors (Lipinski definition) is 1. The Hall–Kier alpha value is -3.19. The molecule has 1 aromatic heterocycles. The highest BCUT2D eigenvalue weighted by Crippen LogP contribution is 2.26. The van der Waals surface area contributed by atoms with Crippen molar-refractivity contribution in [3.8, 4) is 5.75 Å². The number of benzene rings is 2. The largest absolute Gasteiger partial charge is 0.493 e. The molecule has 2 aliphatic rings. The highest BCUT2D eigenvalue weighted by molar-refractivity contribution is 6.04. The van der Waals surface area contributed by atoms with Gasteiger partial charge in [-0.05, 0) is 23.3 Å². The molecule has 7 heteroatoms. The van der Waals surface area contributed by atoms with E-state index >= 15 is 0 Å². The van der Waals surface area contributed by atoms with Gasteiger partial charge in [0, 0.05) is 44.5 Å². The number of nitrogens with zero attached hydrogens (tertiary/aromatic N) is 3. The molecular formula is C22H22N4O3. The predicted octanol–water partition coefficient (Wildman–Crippen LogP) is 1.82. The van der Waals surface area contributed by atoms with Crippen LogP contribution in [0.1, 0.15) is 21.6 Å². The predicted molar refractivity (Wildman–Crippen MR) is 109 cm³/mol. The van der Waals surface area contributed by atoms with Crippen LogP contribution in [0.25, 0.3) is 10.8 Å². The molecule has 3 aromatic rings. The molecule has 2 aliphatic heterocycles. The third-order valence-corrected chi connectivity index (χ3v) is 5.72. The molecule has 7 nitrogen and oxygen atoms in total. The minimum absolute atomic E-state index is 0.133. The molecule has 0 atom stereocenters. The molecule has 148 valence electrons. The first kappa shape index (κ1) is 17.9. The number of carbonyl (C=O) groups excluding carboxylic acids is 1. The van der Waals surface area contributed by atoms with Crippen LogP contribution in [0.15, 0.2) is 47.3 Å². The molecule has 5 rings (SSSR count). The van der Waals surface area contributed by atoms with Crippen molar-refractivity contribution in [2.45, 2.75) is 13.0 Å². The van der Waals surface area contributed by atoms with E-state index in [-0.39, 0.29) is 11.5 Å². The van der Waals surface area contributed by atoms with E-state index in [0.29, 0.717) is 29.6 Å². The van der Waals surface area contributed by atoms with Gasteiger partial charge in [-0.15, -0.1) is 0 Å². The van der Waals surface area contributed by atoms with Crippen molar-refractivity contribution < 1.29 is 9.53 Å². The Morgan fingerprint density at radius 3 is 2.69 bits per heavy atom. The summed E-state index contributed by atoms with van der Waals surface area (Å²) < 4.78 is 5.58. The molecule has 1 fully saturated rings. The summed E-state index contributed by atoms with van der Waals surface area (Å²) in [4.78, 5) is 29.2. The van der Waals surface area contributed by atoms with Gasteiger partial charge in [-0.1, -0.05) is 30.3 Å². The molecule has 1 saturated heterocycles. The zero-order valence-electron chi connectivity index (χ0n) is 16.1. The van der Waals surface area contributed by atoms with Gasteiger partial charge in [-0.3, -0.25) is 14.5 Å². The standard InChI is InChI=1S/C22H22N4O3/c27-21-18-4-2-1-3-17(18)20(23-24-21)22(28)26-10-8-25(9-11-26)14-15-5-6-19-16(13-15)7-12-29-19/h1-6,13H,7-12,14H2,(H,24,27). The molecule has 2 aromatic carbocycles. The fourth-order valence-electron chi connectivity index (χ4n) is 4.13. The fraction of sp³-hybridized carbons (Fsp3) is 0.318. The number of aromatic amines is 1. The Labute approximate surface area is 167 Å². The summed E-state index contributed by atoms with van der Waals surface area (Å²) in [6, 6.07) is 13.5. The normalized spacial score (nSPS) is 16.6. The summed E-state index contributed by atoms with van der Waals surface area (Å²) in [7, 11) is 0. The van der Waals surface area contributed by atoms with Crippen LogP contribution >= 0.6 is 0 Å². The minimum atomic E-state index is -0.276. The summed E-state index contributed by atoms with van der Waals surface area (Å²) in [5.41, 5.74) is 2.60. The number of hydrogen-bond acceptors (Lipinski definition) is 5. The number of nitrogens with one attached hydrogen (secondary N) is 1. The monoisotopic (exact) mass is 390 g/mol. The molecule has 0 aliphatic carbocycles. The Kier molecular flexibility index (Phi) is 4.52. The van der Waals surface area contributed by atoms with Crippen LogP contribution in [0.4, 0.5) is 0 Å². The van der Waals surface area contributed by atoms with Gasteiger partial charge in [0.15, 0.2) is 5.69 Å². The Balaban J connectivity index is 1.27. The first-order valence-electron chi connectivity index (χ1n) is 9.93. The maximum Gasteiger partial charge on any atom is 0.275 e. The van der Waals surface area contributed by atoms with Crippen LogP contribution in [0.5, 0.6) is 5.75 Å². The third-order valence-electron chi connectivity index (χ3n) is 5.72. The van der Waals surface area contributed by atoms with E-state index in [0.717, 1.165) is 38.4 Å². The van der Waals surface area contributed by atoms with Gasteiger partial charge < -0.3 is 9.64 Å². The zero-order valence-corrected chi connectivity index (χ0v) is 16.1. The summed E-state index contributed by atoms with van der Waals surface area (Å²) >= 11 is 0. The van der Waals surface area contributed by atoms with E-state index in [4.69, 9.17) is 4.74 Å². The smallest absolute Gasteiger partial charge is 0.275 e. The molecule has 0 spiro atoms. The van der Waals surface area contributed by atoms with Crippen LogP contribution < -0.4 is 10.3 Å². The van der Waals surface area contributed by atoms with Gasteiger partial charge >= 0.3 is 0 Å². The van der Waals surface area contributed by atoms with Crippen LogP contribution in [0.3, 0.4) is 0 Å². The van der Waals surface area contributed by atoms with Gasteiger partial charge in [0.25, 0.3) is 11.5 Å². The number of carbonyl (C=O) groups is 1. The van der Waals surface area contributed by atoms with Gasteiger partial charge in [0.05, 0.1) is 12.0 Å². The topological polar surface area (TPSA) is 78.5 Å². The van der Waals surface area contributed by atoms with Crippen molar-refractivity contribution in [1.29, 1.82) is 0 Å². The quantitative estimate of drug-likeness (QED) is 0.738. The van der Waals surface area contributed by atoms with E-state index in [2.05, 4.69) is 33.3 Å². The van der Waals surface area contributed by atoms with Crippen LogP contribution in [0.2, 0.25) is 0 Å². The van der Waals surface area contributed by atoms with Crippen molar-refractivity contribution in [3.05, 3.63) is 69.6 Å². The van der Waals surface area contributed by atoms with Crippen LogP contribution in [-0.4, -0.2) is 58.7 Å². The number of ether oxygens (including phenoxy) is 1. The van der Waals surface area contributed by atoms with Gasteiger partial charge in [0.2, 0.25) is 0 Å². The van der Waals surface area contributed by atoms with E-state index in [1.807, 2.05) is 11.0 Å². The lowest BCUT2D eigenvalue weighted by Crippen LogP contribution is -2.48. The molecule has 29 heavy (non-hydrogen) atoms. The highest BCUT2D eigenvalue weighted by atomic mass is 16.5. The van der Waals surface area contributed by atoms with Crippen LogP contribution in [-0.2, 0) is 13.0 Å². The van der Waals surface area contributed by atoms with Crippen LogP contribution in [0, 0.1) is 0 Å². The molecule has 1 amide bonds. The van der Waals surface area contributed by atoms with Gasteiger partial charge in [-0.2, -0.15) is 5.10 Å². The van der Waals surface area contributed by atoms with Gasteiger partial charge in [0.1, 0.15) is 5.75 Å². The third kappa shape index (κ3) is 3.38. The van der Waals surface area contributed by atoms with E-state index in [9.17, 15) is 9.59 Å². The molecule has 0 bridgehead atoms. The second-order valence-electron chi connectivity index (χ2n) is 7.56. The number of piperazine rings is 1. The lowest BCUT2D eigenvalue weighted by atomic mass is 10.1. The van der Waals surface area contributed by atoms with E-state index in [1.165, 1.54) is 11.1 Å². The SMILES string of the molecule is O=C(c1n[nH]c(=O)c2ccccc12)N1CCN(Cc2ccc3c(c2)CCO3)CC1. The maximum absolute atomic E-state index is 13.0. The number of amides is 1. The molecule has 0 saturated carbocycles. The molecular weight excluding hydrogens is 368 g/mol. The second kappa shape index (κ2) is 7.33. The molecule has 3 heterocycles. The Morgan fingerprint density at radius 1 is 1.07 bits per heavy atom. The first-order valence-corrected chi connectivity index (χ1v) is 9.93. The van der Waals surface area contributed by atoms with E-state index < -0.39 is 0 Å². The number of rotatable bonds is 3. The molecule has 0 radical (unpaired) electrons. The fourth-order valence-corrected chi connectivity index (χ4v) is 4.13. The Morgan fingerprint density at radius 2 is 1.86 bits per heavy atom. The van der Waals surface area contributed by atoms with Crippen molar-refractivity contribution in [1.82, 2.24) is 20.0 Å². The average molecular weight is 390 g/mol. The first-order chi connectivity index (χ1) is 14.2. The van der Waals surface area contributed by atoms with Gasteiger partial charge in [-0.25, -0.2) is 5.10 Å². The van der Waals surface area contributed by atoms with Crippen molar-refractivity contribution in [2.75, 3.05) is 32.8 Å². The maximum atomic E-state index is 13.0. The summed E-state index contributed by atoms with van der Waals surface area (Å²) in [6.45, 7) is 4.54. The number of aromatic nitrogens is 2. The summed E-state index contributed by atoms with van der Waals surface area (Å²) in [5, 5.41) is 7.59. The molecule has 0 unspecified atom stereocenters. The highest BCUT2D eigenvalue weighted by Gasteiger charge is 2.25.